The molecule has 118 valence electrons. The van der Waals surface area contributed by atoms with E-state index in [1.807, 2.05) is 29.6 Å². The number of hydrogen-bond acceptors (Lipinski definition) is 4. The van der Waals surface area contributed by atoms with E-state index in [1.54, 1.807) is 30.2 Å². The van der Waals surface area contributed by atoms with Crippen molar-refractivity contribution in [3.63, 3.8) is 0 Å². The van der Waals surface area contributed by atoms with E-state index in [9.17, 15) is 9.18 Å². The van der Waals surface area contributed by atoms with Gasteiger partial charge in [0, 0.05) is 11.7 Å². The van der Waals surface area contributed by atoms with Crippen LogP contribution in [0.1, 0.15) is 32.7 Å². The molecule has 2 heterocycles. The van der Waals surface area contributed by atoms with Gasteiger partial charge in [-0.25, -0.2) is 4.39 Å². The Kier molecular flexibility index (Phi) is 5.31. The average Bonchev–Trinajstić information content (AvgIpc) is 3.25. The van der Waals surface area contributed by atoms with Crippen molar-refractivity contribution >= 4 is 28.9 Å². The van der Waals surface area contributed by atoms with Gasteiger partial charge in [-0.15, -0.1) is 23.1 Å². The van der Waals surface area contributed by atoms with Crippen LogP contribution in [0.3, 0.4) is 0 Å². The first-order valence-electron chi connectivity index (χ1n) is 7.18. The topological polar surface area (TPSA) is 30.2 Å². The molecule has 0 N–H and O–H groups in total. The first-order valence-corrected chi connectivity index (χ1v) is 9.11. The van der Waals surface area contributed by atoms with Gasteiger partial charge in [-0.05, 0) is 41.3 Å². The molecular formula is C18H15FO2S2. The van der Waals surface area contributed by atoms with Crippen molar-refractivity contribution in [3.05, 3.63) is 82.2 Å². The third kappa shape index (κ3) is 4.33. The summed E-state index contributed by atoms with van der Waals surface area (Å²) in [6.45, 7) is 0. The minimum Gasteiger partial charge on any atom is -0.468 e. The summed E-state index contributed by atoms with van der Waals surface area (Å²) in [6.07, 6.45) is 2.02. The Bertz CT molecular complexity index is 734. The highest BCUT2D eigenvalue weighted by Crippen LogP contribution is 2.36. The fourth-order valence-corrected chi connectivity index (χ4v) is 4.06. The molecule has 2 nitrogen and oxygen atoms in total. The van der Waals surface area contributed by atoms with Gasteiger partial charge in [-0.3, -0.25) is 4.79 Å². The molecule has 0 saturated carbocycles. The standard InChI is InChI=1S/C18H15FO2S2/c19-14-7-5-13(6-8-14)18(23-12-15-3-1-9-21-15)11-16(20)17-4-2-10-22-17/h1-10,18H,11-12H2/t18-/m1/s1. The van der Waals surface area contributed by atoms with Crippen LogP contribution in [0.25, 0.3) is 0 Å². The Morgan fingerprint density at radius 3 is 2.65 bits per heavy atom. The second-order valence-electron chi connectivity index (χ2n) is 5.04. The highest BCUT2D eigenvalue weighted by molar-refractivity contribution is 7.98. The molecule has 23 heavy (non-hydrogen) atoms. The van der Waals surface area contributed by atoms with Crippen LogP contribution in [-0.2, 0) is 5.75 Å². The number of thioether (sulfide) groups is 1. The van der Waals surface area contributed by atoms with Crippen molar-refractivity contribution in [2.75, 3.05) is 0 Å². The quantitative estimate of drug-likeness (QED) is 0.512. The molecular weight excluding hydrogens is 331 g/mol. The van der Waals surface area contributed by atoms with Crippen LogP contribution in [0.4, 0.5) is 4.39 Å². The fourth-order valence-electron chi connectivity index (χ4n) is 2.23. The lowest BCUT2D eigenvalue weighted by atomic mass is 10.1. The molecule has 0 bridgehead atoms. The Labute approximate surface area is 142 Å². The zero-order valence-corrected chi connectivity index (χ0v) is 13.9. The van der Waals surface area contributed by atoms with Gasteiger partial charge in [0.2, 0.25) is 0 Å². The smallest absolute Gasteiger partial charge is 0.174 e. The Hall–Kier alpha value is -1.85. The van der Waals surface area contributed by atoms with E-state index in [0.717, 1.165) is 16.2 Å². The largest absolute Gasteiger partial charge is 0.468 e. The molecule has 0 saturated heterocycles. The molecule has 0 spiro atoms. The third-order valence-electron chi connectivity index (χ3n) is 3.42. The zero-order valence-electron chi connectivity index (χ0n) is 12.3. The van der Waals surface area contributed by atoms with E-state index < -0.39 is 0 Å². The van der Waals surface area contributed by atoms with E-state index in [1.165, 1.54) is 23.5 Å². The summed E-state index contributed by atoms with van der Waals surface area (Å²) in [5, 5.41) is 1.87. The van der Waals surface area contributed by atoms with Crippen LogP contribution in [0.15, 0.2) is 64.6 Å². The predicted octanol–water partition coefficient (Wildman–Crippen LogP) is 5.73. The first-order chi connectivity index (χ1) is 11.2. The SMILES string of the molecule is O=C(C[C@@H](SCc1ccco1)c1ccc(F)cc1)c1cccs1. The van der Waals surface area contributed by atoms with Gasteiger partial charge in [0.1, 0.15) is 11.6 Å². The van der Waals surface area contributed by atoms with Crippen LogP contribution >= 0.6 is 23.1 Å². The Morgan fingerprint density at radius 2 is 2.00 bits per heavy atom. The molecule has 0 aliphatic carbocycles. The fraction of sp³-hybridized carbons (Fsp3) is 0.167. The maximum Gasteiger partial charge on any atom is 0.174 e. The lowest BCUT2D eigenvalue weighted by Crippen LogP contribution is -2.04. The van der Waals surface area contributed by atoms with Crippen molar-refractivity contribution in [1.82, 2.24) is 0 Å². The van der Waals surface area contributed by atoms with Crippen LogP contribution in [0, 0.1) is 5.82 Å². The highest BCUT2D eigenvalue weighted by atomic mass is 32.2. The molecule has 1 aromatic carbocycles. The molecule has 0 radical (unpaired) electrons. The molecule has 1 atom stereocenters. The summed E-state index contributed by atoms with van der Waals surface area (Å²) in [4.78, 5) is 13.2. The molecule has 3 aromatic rings. The molecule has 2 aromatic heterocycles. The van der Waals surface area contributed by atoms with E-state index in [0.29, 0.717) is 12.2 Å². The molecule has 3 rings (SSSR count). The summed E-state index contributed by atoms with van der Waals surface area (Å²) in [6, 6.07) is 13.8. The maximum atomic E-state index is 13.2. The summed E-state index contributed by atoms with van der Waals surface area (Å²) in [7, 11) is 0. The van der Waals surface area contributed by atoms with Gasteiger partial charge < -0.3 is 4.42 Å². The van der Waals surface area contributed by atoms with E-state index >= 15 is 0 Å². The molecule has 0 fully saturated rings. The normalized spacial score (nSPS) is 12.2. The van der Waals surface area contributed by atoms with Gasteiger partial charge in [0.15, 0.2) is 5.78 Å². The molecule has 0 aliphatic heterocycles. The van der Waals surface area contributed by atoms with Gasteiger partial charge in [-0.2, -0.15) is 0 Å². The highest BCUT2D eigenvalue weighted by Gasteiger charge is 2.19. The van der Waals surface area contributed by atoms with E-state index in [4.69, 9.17) is 4.42 Å². The second-order valence-corrected chi connectivity index (χ2v) is 7.17. The van der Waals surface area contributed by atoms with Gasteiger partial charge in [0.05, 0.1) is 16.9 Å². The van der Waals surface area contributed by atoms with Crippen LogP contribution in [0.5, 0.6) is 0 Å². The number of rotatable bonds is 7. The zero-order chi connectivity index (χ0) is 16.1. The van der Waals surface area contributed by atoms with Crippen molar-refractivity contribution in [2.24, 2.45) is 0 Å². The molecule has 0 unspecified atom stereocenters. The van der Waals surface area contributed by atoms with Crippen LogP contribution in [0.2, 0.25) is 0 Å². The first kappa shape index (κ1) is 16.0. The number of Topliss-reactive ketones (excluding diaryl/α,β-unsaturated/α-hetero) is 1. The minimum atomic E-state index is -0.270. The molecule has 5 heteroatoms. The van der Waals surface area contributed by atoms with Crippen molar-refractivity contribution in [1.29, 1.82) is 0 Å². The summed E-state index contributed by atoms with van der Waals surface area (Å²) in [5.41, 5.74) is 0.952. The number of furan rings is 1. The summed E-state index contributed by atoms with van der Waals surface area (Å²) in [5.74, 6) is 1.38. The predicted molar refractivity (Wildman–Crippen MR) is 92.4 cm³/mol. The van der Waals surface area contributed by atoms with Crippen molar-refractivity contribution < 1.29 is 13.6 Å². The summed E-state index contributed by atoms with van der Waals surface area (Å²) >= 11 is 3.08. The van der Waals surface area contributed by atoms with E-state index in [2.05, 4.69) is 0 Å². The van der Waals surface area contributed by atoms with Crippen molar-refractivity contribution in [2.45, 2.75) is 17.4 Å². The number of ketones is 1. The van der Waals surface area contributed by atoms with Crippen molar-refractivity contribution in [3.8, 4) is 0 Å². The minimum absolute atomic E-state index is 0.0321. The lowest BCUT2D eigenvalue weighted by Gasteiger charge is -2.15. The van der Waals surface area contributed by atoms with E-state index in [-0.39, 0.29) is 16.9 Å². The monoisotopic (exact) mass is 346 g/mol. The average molecular weight is 346 g/mol. The lowest BCUT2D eigenvalue weighted by molar-refractivity contribution is 0.0986. The van der Waals surface area contributed by atoms with Gasteiger partial charge in [-0.1, -0.05) is 18.2 Å². The number of halogens is 1. The van der Waals surface area contributed by atoms with Crippen LogP contribution < -0.4 is 0 Å². The Morgan fingerprint density at radius 1 is 1.17 bits per heavy atom. The molecule has 0 aliphatic rings. The van der Waals surface area contributed by atoms with Crippen LogP contribution in [-0.4, -0.2) is 5.78 Å². The number of carbonyl (C=O) groups is 1. The molecule has 0 amide bonds. The summed E-state index contributed by atoms with van der Waals surface area (Å²) < 4.78 is 18.5. The number of thiophene rings is 1. The van der Waals surface area contributed by atoms with Gasteiger partial charge >= 0.3 is 0 Å². The number of benzene rings is 1. The Balaban J connectivity index is 1.74. The number of hydrogen-bond donors (Lipinski definition) is 0. The van der Waals surface area contributed by atoms with Gasteiger partial charge in [0.25, 0.3) is 0 Å². The second kappa shape index (κ2) is 7.62. The number of carbonyl (C=O) groups excluding carboxylic acids is 1. The maximum absolute atomic E-state index is 13.2. The third-order valence-corrected chi connectivity index (χ3v) is 5.62.